The smallest absolute Gasteiger partial charge is 0.242 e. The van der Waals surface area contributed by atoms with Gasteiger partial charge in [-0.2, -0.15) is 0 Å². The maximum atomic E-state index is 12.5. The van der Waals surface area contributed by atoms with E-state index in [9.17, 15) is 8.42 Å². The summed E-state index contributed by atoms with van der Waals surface area (Å²) in [6, 6.07) is 7.52. The number of rotatable bonds is 6. The fourth-order valence-corrected chi connectivity index (χ4v) is 4.71. The molecule has 0 aromatic heterocycles. The van der Waals surface area contributed by atoms with Crippen molar-refractivity contribution < 1.29 is 8.42 Å². The van der Waals surface area contributed by atoms with Crippen LogP contribution < -0.4 is 10.6 Å². The summed E-state index contributed by atoms with van der Waals surface area (Å²) in [7, 11) is 1.38. The van der Waals surface area contributed by atoms with Crippen molar-refractivity contribution in [2.45, 2.75) is 57.0 Å². The van der Waals surface area contributed by atoms with Crippen LogP contribution in [0.25, 0.3) is 0 Å². The SMILES string of the molecule is CN=C(NCc1ccccc1S(=O)(=O)N(C)C)NC1CCC(C(C)C)CC1. The summed E-state index contributed by atoms with van der Waals surface area (Å²) in [6.45, 7) is 5.01. The first-order chi connectivity index (χ1) is 12.8. The Morgan fingerprint density at radius 2 is 1.81 bits per heavy atom. The van der Waals surface area contributed by atoms with Crippen LogP contribution in [0.4, 0.5) is 0 Å². The minimum absolute atomic E-state index is 0.329. The van der Waals surface area contributed by atoms with E-state index in [1.165, 1.54) is 17.1 Å². The van der Waals surface area contributed by atoms with Crippen LogP contribution in [-0.2, 0) is 16.6 Å². The molecule has 0 bridgehead atoms. The molecule has 0 amide bonds. The molecule has 0 spiro atoms. The fraction of sp³-hybridized carbons (Fsp3) is 0.650. The molecule has 0 atom stereocenters. The van der Waals surface area contributed by atoms with Gasteiger partial charge in [-0.05, 0) is 49.1 Å². The fourth-order valence-electron chi connectivity index (χ4n) is 3.60. The molecular formula is C20H34N4O2S. The Balaban J connectivity index is 1.98. The van der Waals surface area contributed by atoms with Gasteiger partial charge in [0.25, 0.3) is 0 Å². The molecule has 0 unspecified atom stereocenters. The zero-order valence-electron chi connectivity index (χ0n) is 17.2. The quantitative estimate of drug-likeness (QED) is 0.575. The largest absolute Gasteiger partial charge is 0.354 e. The third-order valence-electron chi connectivity index (χ3n) is 5.46. The van der Waals surface area contributed by atoms with Gasteiger partial charge in [-0.1, -0.05) is 32.0 Å². The van der Waals surface area contributed by atoms with Crippen LogP contribution in [0.5, 0.6) is 0 Å². The van der Waals surface area contributed by atoms with E-state index in [1.807, 2.05) is 12.1 Å². The molecule has 0 heterocycles. The third-order valence-corrected chi connectivity index (χ3v) is 7.37. The predicted molar refractivity (Wildman–Crippen MR) is 111 cm³/mol. The van der Waals surface area contributed by atoms with Gasteiger partial charge in [0.2, 0.25) is 10.0 Å². The van der Waals surface area contributed by atoms with Gasteiger partial charge in [0.05, 0.1) is 4.90 Å². The minimum Gasteiger partial charge on any atom is -0.354 e. The Bertz CT molecular complexity index is 736. The van der Waals surface area contributed by atoms with Gasteiger partial charge in [0.15, 0.2) is 5.96 Å². The molecule has 1 aromatic rings. The minimum atomic E-state index is -3.47. The van der Waals surface area contributed by atoms with E-state index in [2.05, 4.69) is 29.5 Å². The molecule has 7 heteroatoms. The summed E-state index contributed by atoms with van der Waals surface area (Å²) in [5, 5.41) is 6.77. The van der Waals surface area contributed by atoms with Crippen LogP contribution in [0.3, 0.4) is 0 Å². The van der Waals surface area contributed by atoms with Crippen molar-refractivity contribution in [1.82, 2.24) is 14.9 Å². The van der Waals surface area contributed by atoms with E-state index in [0.717, 1.165) is 36.2 Å². The number of hydrogen-bond acceptors (Lipinski definition) is 3. The number of nitrogens with one attached hydrogen (secondary N) is 2. The average molecular weight is 395 g/mol. The van der Waals surface area contributed by atoms with Gasteiger partial charge < -0.3 is 10.6 Å². The first kappa shape index (κ1) is 21.7. The molecule has 6 nitrogen and oxygen atoms in total. The second-order valence-corrected chi connectivity index (χ2v) is 9.94. The lowest BCUT2D eigenvalue weighted by atomic mass is 9.80. The van der Waals surface area contributed by atoms with Gasteiger partial charge in [0.1, 0.15) is 0 Å². The molecule has 27 heavy (non-hydrogen) atoms. The monoisotopic (exact) mass is 394 g/mol. The number of nitrogens with zero attached hydrogens (tertiary/aromatic N) is 2. The summed E-state index contributed by atoms with van der Waals surface area (Å²) in [5.74, 6) is 2.29. The molecule has 1 aliphatic rings. The van der Waals surface area contributed by atoms with Crippen molar-refractivity contribution in [3.8, 4) is 0 Å². The predicted octanol–water partition coefficient (Wildman–Crippen LogP) is 2.82. The van der Waals surface area contributed by atoms with Crippen LogP contribution in [0.2, 0.25) is 0 Å². The highest BCUT2D eigenvalue weighted by atomic mass is 32.2. The average Bonchev–Trinajstić information content (AvgIpc) is 2.65. The normalized spacial score (nSPS) is 21.5. The number of hydrogen-bond donors (Lipinski definition) is 2. The zero-order chi connectivity index (χ0) is 20.0. The van der Waals surface area contributed by atoms with E-state index in [1.54, 1.807) is 33.3 Å². The van der Waals surface area contributed by atoms with Gasteiger partial charge in [-0.15, -0.1) is 0 Å². The van der Waals surface area contributed by atoms with Gasteiger partial charge in [-0.25, -0.2) is 12.7 Å². The van der Waals surface area contributed by atoms with Crippen LogP contribution in [0.15, 0.2) is 34.2 Å². The lowest BCUT2D eigenvalue weighted by Gasteiger charge is -2.32. The standard InChI is InChI=1S/C20H34N4O2S/c1-15(2)16-10-12-18(13-11-16)23-20(21-3)22-14-17-8-6-7-9-19(17)27(25,26)24(4)5/h6-9,15-16,18H,10-14H2,1-5H3,(H2,21,22,23). The Morgan fingerprint density at radius 1 is 1.19 bits per heavy atom. The molecule has 1 saturated carbocycles. The molecule has 0 saturated heterocycles. The molecule has 2 N–H and O–H groups in total. The molecule has 152 valence electrons. The number of aliphatic imine (C=N–C) groups is 1. The van der Waals surface area contributed by atoms with Crippen LogP contribution in [0, 0.1) is 11.8 Å². The highest BCUT2D eigenvalue weighted by molar-refractivity contribution is 7.89. The maximum Gasteiger partial charge on any atom is 0.242 e. The third kappa shape index (κ3) is 5.69. The molecule has 1 aromatic carbocycles. The van der Waals surface area contributed by atoms with Crippen molar-refractivity contribution in [3.63, 3.8) is 0 Å². The number of sulfonamides is 1. The van der Waals surface area contributed by atoms with Crippen molar-refractivity contribution in [2.24, 2.45) is 16.8 Å². The molecule has 2 rings (SSSR count). The first-order valence-electron chi connectivity index (χ1n) is 9.73. The van der Waals surface area contributed by atoms with E-state index in [-0.39, 0.29) is 0 Å². The topological polar surface area (TPSA) is 73.8 Å². The maximum absolute atomic E-state index is 12.5. The first-order valence-corrected chi connectivity index (χ1v) is 11.2. The summed E-state index contributed by atoms with van der Waals surface area (Å²) in [6.07, 6.45) is 4.79. The second kappa shape index (κ2) is 9.55. The molecule has 0 aliphatic heterocycles. The molecular weight excluding hydrogens is 360 g/mol. The van der Waals surface area contributed by atoms with Crippen molar-refractivity contribution >= 4 is 16.0 Å². The number of guanidine groups is 1. The number of benzene rings is 1. The van der Waals surface area contributed by atoms with Crippen LogP contribution >= 0.6 is 0 Å². The van der Waals surface area contributed by atoms with Crippen molar-refractivity contribution in [1.29, 1.82) is 0 Å². The van der Waals surface area contributed by atoms with Gasteiger partial charge >= 0.3 is 0 Å². The highest BCUT2D eigenvalue weighted by Crippen LogP contribution is 2.29. The summed E-state index contributed by atoms with van der Waals surface area (Å²) in [5.41, 5.74) is 0.734. The van der Waals surface area contributed by atoms with Crippen molar-refractivity contribution in [2.75, 3.05) is 21.1 Å². The molecule has 0 radical (unpaired) electrons. The zero-order valence-corrected chi connectivity index (χ0v) is 18.0. The summed E-state index contributed by atoms with van der Waals surface area (Å²) >= 11 is 0. The van der Waals surface area contributed by atoms with Crippen molar-refractivity contribution in [3.05, 3.63) is 29.8 Å². The van der Waals surface area contributed by atoms with E-state index in [0.29, 0.717) is 17.5 Å². The molecule has 1 aliphatic carbocycles. The molecule has 1 fully saturated rings. The van der Waals surface area contributed by atoms with E-state index in [4.69, 9.17) is 0 Å². The van der Waals surface area contributed by atoms with Gasteiger partial charge in [0, 0.05) is 33.7 Å². The highest BCUT2D eigenvalue weighted by Gasteiger charge is 2.24. The van der Waals surface area contributed by atoms with Crippen LogP contribution in [-0.4, -0.2) is 45.9 Å². The van der Waals surface area contributed by atoms with E-state index >= 15 is 0 Å². The summed E-state index contributed by atoms with van der Waals surface area (Å²) < 4.78 is 26.3. The Labute approximate surface area is 164 Å². The van der Waals surface area contributed by atoms with E-state index < -0.39 is 10.0 Å². The Hall–Kier alpha value is -1.60. The Kier molecular flexibility index (Phi) is 7.68. The van der Waals surface area contributed by atoms with Gasteiger partial charge in [-0.3, -0.25) is 4.99 Å². The lowest BCUT2D eigenvalue weighted by molar-refractivity contribution is 0.250. The second-order valence-electron chi connectivity index (χ2n) is 7.82. The lowest BCUT2D eigenvalue weighted by Crippen LogP contribution is -2.45. The van der Waals surface area contributed by atoms with Crippen LogP contribution in [0.1, 0.15) is 45.1 Å². The summed E-state index contributed by atoms with van der Waals surface area (Å²) in [4.78, 5) is 4.64. The Morgan fingerprint density at radius 3 is 2.37 bits per heavy atom.